The normalized spacial score (nSPS) is 13.0. The van der Waals surface area contributed by atoms with Crippen LogP contribution in [0, 0.1) is 0 Å². The molecule has 0 spiro atoms. The number of phenolic OH excluding ortho intramolecular Hbond substituents is 1. The number of rotatable bonds is 9. The van der Waals surface area contributed by atoms with Gasteiger partial charge in [0.1, 0.15) is 11.5 Å². The largest absolute Gasteiger partial charge is 0.508 e. The highest BCUT2D eigenvalue weighted by atomic mass is 31.2. The molecule has 0 saturated carbocycles. The molecule has 0 aliphatic carbocycles. The lowest BCUT2D eigenvalue weighted by atomic mass is 10.2. The first-order chi connectivity index (χ1) is 12.7. The summed E-state index contributed by atoms with van der Waals surface area (Å²) in [5.74, 6) is 0.115. The van der Waals surface area contributed by atoms with Crippen molar-refractivity contribution in [3.05, 3.63) is 54.1 Å². The number of benzene rings is 2. The molecule has 0 amide bonds. The third-order valence-corrected chi connectivity index (χ3v) is 6.12. The standard InChI is InChI=1S/C20H28NO5P/c1-14(2)25-27(23,26-15(3)4)20(16-6-10-18(22)11-7-16)21-17-8-12-19(24-5)13-9-17/h6-15,20-22H,1-5H3. The van der Waals surface area contributed by atoms with E-state index < -0.39 is 13.4 Å². The molecule has 1 unspecified atom stereocenters. The van der Waals surface area contributed by atoms with Gasteiger partial charge in [-0.15, -0.1) is 0 Å². The summed E-state index contributed by atoms with van der Waals surface area (Å²) in [5, 5.41) is 12.9. The van der Waals surface area contributed by atoms with Gasteiger partial charge in [-0.05, 0) is 69.7 Å². The Morgan fingerprint density at radius 3 is 1.85 bits per heavy atom. The fraction of sp³-hybridized carbons (Fsp3) is 0.400. The zero-order valence-electron chi connectivity index (χ0n) is 16.4. The summed E-state index contributed by atoms with van der Waals surface area (Å²) in [7, 11) is -1.99. The van der Waals surface area contributed by atoms with Crippen molar-refractivity contribution in [2.75, 3.05) is 12.4 Å². The van der Waals surface area contributed by atoms with Gasteiger partial charge >= 0.3 is 7.60 Å². The molecule has 2 aromatic rings. The summed E-state index contributed by atoms with van der Waals surface area (Å²) >= 11 is 0. The molecule has 2 rings (SSSR count). The maximum absolute atomic E-state index is 13.8. The number of methoxy groups -OCH3 is 1. The smallest absolute Gasteiger partial charge is 0.357 e. The van der Waals surface area contributed by atoms with Gasteiger partial charge < -0.3 is 24.2 Å². The lowest BCUT2D eigenvalue weighted by Gasteiger charge is -2.31. The summed E-state index contributed by atoms with van der Waals surface area (Å²) in [5.41, 5.74) is 1.43. The van der Waals surface area contributed by atoms with Crippen molar-refractivity contribution in [1.29, 1.82) is 0 Å². The highest BCUT2D eigenvalue weighted by molar-refractivity contribution is 7.54. The average molecular weight is 393 g/mol. The Labute approximate surface area is 161 Å². The van der Waals surface area contributed by atoms with Crippen molar-refractivity contribution < 1.29 is 23.5 Å². The Hall–Kier alpha value is -2.01. The highest BCUT2D eigenvalue weighted by Crippen LogP contribution is 2.62. The van der Waals surface area contributed by atoms with Gasteiger partial charge in [0.05, 0.1) is 19.3 Å². The predicted molar refractivity (Wildman–Crippen MR) is 108 cm³/mol. The van der Waals surface area contributed by atoms with E-state index in [1.54, 1.807) is 31.4 Å². The molecule has 0 fully saturated rings. The number of ether oxygens (including phenoxy) is 1. The first-order valence-corrected chi connectivity index (χ1v) is 10.5. The van der Waals surface area contributed by atoms with Crippen LogP contribution in [0.5, 0.6) is 11.5 Å². The predicted octanol–water partition coefficient (Wildman–Crippen LogP) is 5.55. The Kier molecular flexibility index (Phi) is 7.31. The Bertz CT molecular complexity index is 745. The van der Waals surface area contributed by atoms with E-state index in [0.717, 1.165) is 11.4 Å². The van der Waals surface area contributed by atoms with Gasteiger partial charge in [0.25, 0.3) is 0 Å². The zero-order valence-corrected chi connectivity index (χ0v) is 17.3. The summed E-state index contributed by atoms with van der Waals surface area (Å²) in [6.07, 6.45) is -0.571. The minimum Gasteiger partial charge on any atom is -0.508 e. The molecule has 0 aliphatic rings. The molecule has 0 radical (unpaired) electrons. The van der Waals surface area contributed by atoms with Crippen molar-refractivity contribution >= 4 is 13.3 Å². The minimum absolute atomic E-state index is 0.131. The molecule has 0 bridgehead atoms. The lowest BCUT2D eigenvalue weighted by molar-refractivity contribution is 0.138. The number of phenols is 1. The van der Waals surface area contributed by atoms with Crippen LogP contribution in [0.2, 0.25) is 0 Å². The van der Waals surface area contributed by atoms with Crippen LogP contribution in [0.15, 0.2) is 48.5 Å². The second kappa shape index (κ2) is 9.27. The molecule has 0 aromatic heterocycles. The van der Waals surface area contributed by atoms with Crippen LogP contribution >= 0.6 is 7.60 Å². The number of anilines is 1. The number of aromatic hydroxyl groups is 1. The molecular weight excluding hydrogens is 365 g/mol. The van der Waals surface area contributed by atoms with Gasteiger partial charge in [-0.25, -0.2) is 0 Å². The molecule has 1 atom stereocenters. The fourth-order valence-electron chi connectivity index (χ4n) is 2.58. The number of hydrogen-bond acceptors (Lipinski definition) is 6. The summed E-state index contributed by atoms with van der Waals surface area (Å²) in [4.78, 5) is 0. The molecule has 0 saturated heterocycles. The second-order valence-corrected chi connectivity index (χ2v) is 8.73. The van der Waals surface area contributed by atoms with Gasteiger partial charge in [-0.3, -0.25) is 4.57 Å². The van der Waals surface area contributed by atoms with Crippen LogP contribution in [-0.2, 0) is 13.6 Å². The zero-order chi connectivity index (χ0) is 20.0. The van der Waals surface area contributed by atoms with E-state index >= 15 is 0 Å². The third-order valence-electron chi connectivity index (χ3n) is 3.63. The fourth-order valence-corrected chi connectivity index (χ4v) is 4.89. The van der Waals surface area contributed by atoms with Crippen LogP contribution in [-0.4, -0.2) is 24.4 Å². The lowest BCUT2D eigenvalue weighted by Crippen LogP contribution is -2.19. The van der Waals surface area contributed by atoms with Crippen molar-refractivity contribution in [3.8, 4) is 11.5 Å². The van der Waals surface area contributed by atoms with Gasteiger partial charge in [0.2, 0.25) is 0 Å². The van der Waals surface area contributed by atoms with Gasteiger partial charge in [-0.2, -0.15) is 0 Å². The Morgan fingerprint density at radius 1 is 0.889 bits per heavy atom. The van der Waals surface area contributed by atoms with Gasteiger partial charge in [0, 0.05) is 5.69 Å². The van der Waals surface area contributed by atoms with Gasteiger partial charge in [0.15, 0.2) is 5.78 Å². The van der Waals surface area contributed by atoms with Crippen LogP contribution in [0.3, 0.4) is 0 Å². The van der Waals surface area contributed by atoms with E-state index in [-0.39, 0.29) is 18.0 Å². The molecule has 148 valence electrons. The quantitative estimate of drug-likeness (QED) is 0.544. The van der Waals surface area contributed by atoms with Crippen LogP contribution < -0.4 is 10.1 Å². The molecular formula is C20H28NO5P. The molecule has 27 heavy (non-hydrogen) atoms. The topological polar surface area (TPSA) is 77.0 Å². The average Bonchev–Trinajstić information content (AvgIpc) is 2.59. The SMILES string of the molecule is COc1ccc(NC(c2ccc(O)cc2)P(=O)(OC(C)C)OC(C)C)cc1. The molecule has 6 nitrogen and oxygen atoms in total. The first kappa shape index (κ1) is 21.3. The van der Waals surface area contributed by atoms with E-state index in [9.17, 15) is 9.67 Å². The molecule has 7 heteroatoms. The Morgan fingerprint density at radius 2 is 1.41 bits per heavy atom. The van der Waals surface area contributed by atoms with Crippen molar-refractivity contribution in [1.82, 2.24) is 0 Å². The van der Waals surface area contributed by atoms with E-state index in [1.165, 1.54) is 0 Å². The molecule has 2 N–H and O–H groups in total. The number of nitrogens with one attached hydrogen (secondary N) is 1. The third kappa shape index (κ3) is 5.99. The highest BCUT2D eigenvalue weighted by Gasteiger charge is 2.39. The summed E-state index contributed by atoms with van der Waals surface area (Å²) in [6, 6.07) is 13.8. The van der Waals surface area contributed by atoms with Gasteiger partial charge in [-0.1, -0.05) is 12.1 Å². The molecule has 0 heterocycles. The Balaban J connectivity index is 2.45. The summed E-state index contributed by atoms with van der Waals surface area (Å²) < 4.78 is 30.5. The van der Waals surface area contributed by atoms with Crippen molar-refractivity contribution in [3.63, 3.8) is 0 Å². The first-order valence-electron chi connectivity index (χ1n) is 8.89. The minimum atomic E-state index is -3.59. The van der Waals surface area contributed by atoms with Crippen molar-refractivity contribution in [2.45, 2.75) is 45.7 Å². The van der Waals surface area contributed by atoms with Crippen molar-refractivity contribution in [2.24, 2.45) is 0 Å². The second-order valence-electron chi connectivity index (χ2n) is 6.72. The van der Waals surface area contributed by atoms with Crippen LogP contribution in [0.25, 0.3) is 0 Å². The van der Waals surface area contributed by atoms with Crippen LogP contribution in [0.1, 0.15) is 39.0 Å². The van der Waals surface area contributed by atoms with E-state index in [4.69, 9.17) is 13.8 Å². The van der Waals surface area contributed by atoms with E-state index in [1.807, 2.05) is 52.0 Å². The summed E-state index contributed by atoms with van der Waals surface area (Å²) in [6.45, 7) is 7.27. The van der Waals surface area contributed by atoms with E-state index in [2.05, 4.69) is 5.32 Å². The molecule has 0 aliphatic heterocycles. The number of hydrogen-bond donors (Lipinski definition) is 2. The maximum Gasteiger partial charge on any atom is 0.357 e. The van der Waals surface area contributed by atoms with E-state index in [0.29, 0.717) is 5.56 Å². The maximum atomic E-state index is 13.8. The monoisotopic (exact) mass is 393 g/mol. The van der Waals surface area contributed by atoms with Crippen LogP contribution in [0.4, 0.5) is 5.69 Å². The molecule has 2 aromatic carbocycles.